The number of halogens is 3. The van der Waals surface area contributed by atoms with Crippen LogP contribution in [0.3, 0.4) is 0 Å². The number of aromatic nitrogens is 2. The third kappa shape index (κ3) is 6.07. The van der Waals surface area contributed by atoms with Gasteiger partial charge in [-0.1, -0.05) is 12.1 Å². The van der Waals surface area contributed by atoms with Crippen molar-refractivity contribution in [3.8, 4) is 0 Å². The van der Waals surface area contributed by atoms with Gasteiger partial charge in [-0.15, -0.1) is 37.2 Å². The fourth-order valence-electron chi connectivity index (χ4n) is 4.37. The largest absolute Gasteiger partial charge is 0.331 e. The first-order chi connectivity index (χ1) is 13.1. The third-order valence-corrected chi connectivity index (χ3v) is 6.00. The monoisotopic (exact) mass is 472 g/mol. The van der Waals surface area contributed by atoms with E-state index in [9.17, 15) is 4.79 Å². The first-order valence-electron chi connectivity index (χ1n) is 9.90. The standard InChI is InChI=1S/C22H28N4O.3ClH/c1-16-5-3-7-18(24-16)14-26(15-19-8-4-6-17(2)25-19)21(27)20-13-22(20)9-11-23-12-10-22;;;/h3-8,20,23H,9-15H2,1-2H3;3*1H. The molecule has 1 unspecified atom stereocenters. The predicted octanol–water partition coefficient (Wildman–Crippen LogP) is 4.28. The average Bonchev–Trinajstić information content (AvgIpc) is 3.34. The minimum atomic E-state index is 0. The zero-order chi connectivity index (χ0) is 18.9. The quantitative estimate of drug-likeness (QED) is 0.704. The lowest BCUT2D eigenvalue weighted by atomic mass is 9.91. The maximum absolute atomic E-state index is 13.4. The highest BCUT2D eigenvalue weighted by molar-refractivity contribution is 5.86. The Morgan fingerprint density at radius 2 is 1.47 bits per heavy atom. The fourth-order valence-corrected chi connectivity index (χ4v) is 4.37. The van der Waals surface area contributed by atoms with Gasteiger partial charge in [0, 0.05) is 17.3 Å². The summed E-state index contributed by atoms with van der Waals surface area (Å²) in [6.45, 7) is 7.12. The molecule has 1 aliphatic carbocycles. The zero-order valence-corrected chi connectivity index (χ0v) is 19.9. The molecular formula is C22H31Cl3N4O. The van der Waals surface area contributed by atoms with E-state index in [0.29, 0.717) is 13.1 Å². The number of amides is 1. The molecule has 3 heterocycles. The molecule has 1 amide bonds. The minimum absolute atomic E-state index is 0. The van der Waals surface area contributed by atoms with Crippen molar-refractivity contribution in [2.24, 2.45) is 11.3 Å². The van der Waals surface area contributed by atoms with Crippen molar-refractivity contribution in [1.29, 1.82) is 0 Å². The van der Waals surface area contributed by atoms with Crippen LogP contribution in [-0.2, 0) is 17.9 Å². The smallest absolute Gasteiger partial charge is 0.226 e. The molecule has 1 N–H and O–H groups in total. The molecule has 1 atom stereocenters. The van der Waals surface area contributed by atoms with E-state index in [-0.39, 0.29) is 54.5 Å². The minimum Gasteiger partial charge on any atom is -0.331 e. The van der Waals surface area contributed by atoms with Crippen LogP contribution in [0.1, 0.15) is 42.0 Å². The lowest BCUT2D eigenvalue weighted by molar-refractivity contribution is -0.135. The highest BCUT2D eigenvalue weighted by Crippen LogP contribution is 2.59. The van der Waals surface area contributed by atoms with Gasteiger partial charge in [0.15, 0.2) is 0 Å². The molecule has 2 aromatic heterocycles. The van der Waals surface area contributed by atoms with Crippen LogP contribution < -0.4 is 5.32 Å². The number of rotatable bonds is 5. The lowest BCUT2D eigenvalue weighted by Gasteiger charge is -2.27. The van der Waals surface area contributed by atoms with Crippen LogP contribution in [0.4, 0.5) is 0 Å². The Morgan fingerprint density at radius 3 is 1.93 bits per heavy atom. The normalized spacial score (nSPS) is 18.4. The topological polar surface area (TPSA) is 58.1 Å². The van der Waals surface area contributed by atoms with Gasteiger partial charge in [-0.05, 0) is 75.9 Å². The van der Waals surface area contributed by atoms with Crippen LogP contribution >= 0.6 is 37.2 Å². The van der Waals surface area contributed by atoms with Crippen molar-refractivity contribution in [1.82, 2.24) is 20.2 Å². The number of carbonyl (C=O) groups excluding carboxylic acids is 1. The maximum Gasteiger partial charge on any atom is 0.226 e. The molecule has 1 saturated carbocycles. The zero-order valence-electron chi connectivity index (χ0n) is 17.5. The van der Waals surface area contributed by atoms with Gasteiger partial charge in [-0.3, -0.25) is 14.8 Å². The first kappa shape index (κ1) is 26.6. The number of piperidine rings is 1. The van der Waals surface area contributed by atoms with Crippen molar-refractivity contribution in [2.75, 3.05) is 13.1 Å². The number of pyridine rings is 2. The summed E-state index contributed by atoms with van der Waals surface area (Å²) in [7, 11) is 0. The Morgan fingerprint density at radius 1 is 0.967 bits per heavy atom. The molecule has 1 aliphatic heterocycles. The molecule has 1 spiro atoms. The van der Waals surface area contributed by atoms with Crippen molar-refractivity contribution in [2.45, 2.75) is 46.2 Å². The van der Waals surface area contributed by atoms with E-state index in [1.165, 1.54) is 0 Å². The number of hydrogen-bond donors (Lipinski definition) is 1. The SMILES string of the molecule is Cc1cccc(CN(Cc2cccc(C)n2)C(=O)C2CC23CCNCC3)n1.Cl.Cl.Cl. The van der Waals surface area contributed by atoms with E-state index < -0.39 is 0 Å². The number of nitrogens with zero attached hydrogens (tertiary/aromatic N) is 3. The number of carbonyl (C=O) groups is 1. The molecular weight excluding hydrogens is 443 g/mol. The summed E-state index contributed by atoms with van der Waals surface area (Å²) in [4.78, 5) is 24.6. The number of hydrogen-bond acceptors (Lipinski definition) is 4. The number of nitrogens with one attached hydrogen (secondary N) is 1. The Hall–Kier alpha value is -1.40. The van der Waals surface area contributed by atoms with Crippen LogP contribution in [-0.4, -0.2) is 33.9 Å². The molecule has 30 heavy (non-hydrogen) atoms. The van der Waals surface area contributed by atoms with Crippen molar-refractivity contribution in [3.63, 3.8) is 0 Å². The molecule has 166 valence electrons. The molecule has 2 aliphatic rings. The Bertz CT molecular complexity index is 795. The molecule has 8 heteroatoms. The highest BCUT2D eigenvalue weighted by Gasteiger charge is 2.58. The molecule has 0 bridgehead atoms. The fraction of sp³-hybridized carbons (Fsp3) is 0.500. The van der Waals surface area contributed by atoms with Crippen LogP contribution in [0.2, 0.25) is 0 Å². The summed E-state index contributed by atoms with van der Waals surface area (Å²) >= 11 is 0. The second-order valence-corrected chi connectivity index (χ2v) is 8.10. The summed E-state index contributed by atoms with van der Waals surface area (Å²) in [6.07, 6.45) is 3.26. The van der Waals surface area contributed by atoms with Crippen LogP contribution in [0, 0.1) is 25.2 Å². The summed E-state index contributed by atoms with van der Waals surface area (Å²) in [6, 6.07) is 12.0. The molecule has 0 aromatic carbocycles. The predicted molar refractivity (Wildman–Crippen MR) is 127 cm³/mol. The molecule has 0 radical (unpaired) electrons. The molecule has 1 saturated heterocycles. The van der Waals surface area contributed by atoms with Gasteiger partial charge in [0.1, 0.15) is 0 Å². The maximum atomic E-state index is 13.4. The van der Waals surface area contributed by atoms with Gasteiger partial charge in [-0.2, -0.15) is 0 Å². The second kappa shape index (κ2) is 11.3. The molecule has 5 nitrogen and oxygen atoms in total. The number of aryl methyl sites for hydroxylation is 2. The van der Waals surface area contributed by atoms with E-state index in [0.717, 1.165) is 55.1 Å². The van der Waals surface area contributed by atoms with Crippen LogP contribution in [0.5, 0.6) is 0 Å². The summed E-state index contributed by atoms with van der Waals surface area (Å²) < 4.78 is 0. The van der Waals surface area contributed by atoms with E-state index in [1.807, 2.05) is 55.1 Å². The van der Waals surface area contributed by atoms with E-state index in [4.69, 9.17) is 0 Å². The van der Waals surface area contributed by atoms with Crippen LogP contribution in [0.25, 0.3) is 0 Å². The van der Waals surface area contributed by atoms with Gasteiger partial charge < -0.3 is 10.2 Å². The van der Waals surface area contributed by atoms with Gasteiger partial charge in [0.05, 0.1) is 24.5 Å². The molecule has 2 aromatic rings. The summed E-state index contributed by atoms with van der Waals surface area (Å²) in [5.41, 5.74) is 4.08. The molecule has 2 fully saturated rings. The van der Waals surface area contributed by atoms with Crippen LogP contribution in [0.15, 0.2) is 36.4 Å². The Kier molecular flexibility index (Phi) is 10.0. The summed E-state index contributed by atoms with van der Waals surface area (Å²) in [5, 5.41) is 3.42. The molecule has 4 rings (SSSR count). The van der Waals surface area contributed by atoms with E-state index >= 15 is 0 Å². The second-order valence-electron chi connectivity index (χ2n) is 8.10. The van der Waals surface area contributed by atoms with Gasteiger partial charge >= 0.3 is 0 Å². The van der Waals surface area contributed by atoms with Gasteiger partial charge in [0.25, 0.3) is 0 Å². The van der Waals surface area contributed by atoms with Crippen molar-refractivity contribution < 1.29 is 4.79 Å². The average molecular weight is 474 g/mol. The highest BCUT2D eigenvalue weighted by atomic mass is 35.5. The Balaban J connectivity index is 0.00000150. The van der Waals surface area contributed by atoms with E-state index in [2.05, 4.69) is 15.3 Å². The summed E-state index contributed by atoms with van der Waals surface area (Å²) in [5.74, 6) is 0.428. The van der Waals surface area contributed by atoms with E-state index in [1.54, 1.807) is 0 Å². The lowest BCUT2D eigenvalue weighted by Crippen LogP contribution is -2.36. The first-order valence-corrected chi connectivity index (χ1v) is 9.90. The van der Waals surface area contributed by atoms with Gasteiger partial charge in [0.2, 0.25) is 5.91 Å². The van der Waals surface area contributed by atoms with Crippen molar-refractivity contribution >= 4 is 43.1 Å². The Labute approximate surface area is 197 Å². The third-order valence-electron chi connectivity index (χ3n) is 6.00. The van der Waals surface area contributed by atoms with Crippen molar-refractivity contribution in [3.05, 3.63) is 59.2 Å². The van der Waals surface area contributed by atoms with Gasteiger partial charge in [-0.25, -0.2) is 0 Å².